The lowest BCUT2D eigenvalue weighted by Gasteiger charge is -2.15. The summed E-state index contributed by atoms with van der Waals surface area (Å²) in [4.78, 5) is 12.5. The second kappa shape index (κ2) is 6.76. The monoisotopic (exact) mass is 323 g/mol. The molecule has 122 valence electrons. The normalized spacial score (nSPS) is 12.2. The molecule has 0 bridgehead atoms. The first kappa shape index (κ1) is 16.9. The van der Waals surface area contributed by atoms with Gasteiger partial charge in [0, 0.05) is 27.4 Å². The summed E-state index contributed by atoms with van der Waals surface area (Å²) in [7, 11) is -1.13. The molecule has 0 aliphatic rings. The smallest absolute Gasteiger partial charge is 0.278 e. The summed E-state index contributed by atoms with van der Waals surface area (Å²) < 4.78 is 8.83. The number of aryl methyl sites for hydroxylation is 1. The van der Waals surface area contributed by atoms with E-state index in [0.717, 1.165) is 17.1 Å². The number of aromatic nitrogens is 3. The van der Waals surface area contributed by atoms with Crippen LogP contribution in [0.3, 0.4) is 0 Å². The van der Waals surface area contributed by atoms with Crippen molar-refractivity contribution in [3.8, 4) is 0 Å². The lowest BCUT2D eigenvalue weighted by molar-refractivity contribution is 0.0754. The van der Waals surface area contributed by atoms with Crippen LogP contribution in [-0.2, 0) is 18.0 Å². The van der Waals surface area contributed by atoms with Gasteiger partial charge in [0.25, 0.3) is 5.56 Å². The van der Waals surface area contributed by atoms with Gasteiger partial charge in [-0.05, 0) is 18.5 Å². The van der Waals surface area contributed by atoms with Gasteiger partial charge in [0.1, 0.15) is 6.73 Å². The standard InChI is InChI=1S/C15H25N3O3Si/c1-12-10-17(5-6-19)13-9-16-18(15(20)14(12)13)11-21-7-8-22(2,3)4/h9-10,19H,5-8,11H2,1-4H3. The van der Waals surface area contributed by atoms with Gasteiger partial charge in [-0.25, -0.2) is 4.68 Å². The summed E-state index contributed by atoms with van der Waals surface area (Å²) in [6.45, 7) is 10.1. The Balaban J connectivity index is 2.17. The van der Waals surface area contributed by atoms with Crippen molar-refractivity contribution in [1.82, 2.24) is 14.3 Å². The molecule has 0 aliphatic heterocycles. The number of hydrogen-bond donors (Lipinski definition) is 1. The SMILES string of the molecule is Cc1cn(CCO)c2cnn(COCC[Si](C)(C)C)c(=O)c12. The molecule has 0 fully saturated rings. The van der Waals surface area contributed by atoms with Gasteiger partial charge in [0.2, 0.25) is 0 Å². The largest absolute Gasteiger partial charge is 0.395 e. The second-order valence-electron chi connectivity index (χ2n) is 6.79. The van der Waals surface area contributed by atoms with Gasteiger partial charge in [-0.2, -0.15) is 5.10 Å². The average molecular weight is 323 g/mol. The maximum atomic E-state index is 12.5. The van der Waals surface area contributed by atoms with Crippen molar-refractivity contribution in [3.05, 3.63) is 28.3 Å². The lowest BCUT2D eigenvalue weighted by atomic mass is 10.2. The average Bonchev–Trinajstić information content (AvgIpc) is 2.73. The number of aliphatic hydroxyl groups excluding tert-OH is 1. The Hall–Kier alpha value is -1.44. The van der Waals surface area contributed by atoms with Crippen molar-refractivity contribution in [3.63, 3.8) is 0 Å². The van der Waals surface area contributed by atoms with Crippen LogP contribution in [0.4, 0.5) is 0 Å². The molecule has 0 amide bonds. The number of ether oxygens (including phenoxy) is 1. The summed E-state index contributed by atoms with van der Waals surface area (Å²) in [5.74, 6) is 0. The zero-order chi connectivity index (χ0) is 16.3. The third kappa shape index (κ3) is 3.85. The van der Waals surface area contributed by atoms with Gasteiger partial charge in [-0.15, -0.1) is 0 Å². The van der Waals surface area contributed by atoms with Gasteiger partial charge >= 0.3 is 0 Å². The van der Waals surface area contributed by atoms with Crippen LogP contribution in [0.15, 0.2) is 17.2 Å². The van der Waals surface area contributed by atoms with Crippen LogP contribution in [0.25, 0.3) is 10.9 Å². The Labute approximate surface area is 131 Å². The Bertz CT molecular complexity index is 700. The van der Waals surface area contributed by atoms with Gasteiger partial charge in [-0.1, -0.05) is 19.6 Å². The molecule has 7 heteroatoms. The topological polar surface area (TPSA) is 69.3 Å². The Morgan fingerprint density at radius 2 is 2.09 bits per heavy atom. The van der Waals surface area contributed by atoms with Gasteiger partial charge in [-0.3, -0.25) is 4.79 Å². The van der Waals surface area contributed by atoms with Crippen LogP contribution < -0.4 is 5.56 Å². The van der Waals surface area contributed by atoms with Crippen LogP contribution in [0.1, 0.15) is 5.56 Å². The molecule has 0 atom stereocenters. The van der Waals surface area contributed by atoms with Crippen molar-refractivity contribution < 1.29 is 9.84 Å². The highest BCUT2D eigenvalue weighted by atomic mass is 28.3. The van der Waals surface area contributed by atoms with Crippen LogP contribution >= 0.6 is 0 Å². The van der Waals surface area contributed by atoms with E-state index in [4.69, 9.17) is 9.84 Å². The van der Waals surface area contributed by atoms with Crippen LogP contribution in [0.2, 0.25) is 25.7 Å². The molecule has 0 spiro atoms. The third-order valence-electron chi connectivity index (χ3n) is 3.63. The third-order valence-corrected chi connectivity index (χ3v) is 5.33. The fraction of sp³-hybridized carbons (Fsp3) is 0.600. The first-order valence-electron chi connectivity index (χ1n) is 7.57. The summed E-state index contributed by atoms with van der Waals surface area (Å²) in [6.07, 6.45) is 3.54. The van der Waals surface area contributed by atoms with Crippen molar-refractivity contribution in [2.24, 2.45) is 0 Å². The summed E-state index contributed by atoms with van der Waals surface area (Å²) >= 11 is 0. The van der Waals surface area contributed by atoms with E-state index in [1.54, 1.807) is 6.20 Å². The van der Waals surface area contributed by atoms with E-state index >= 15 is 0 Å². The quantitative estimate of drug-likeness (QED) is 0.623. The molecule has 0 saturated carbocycles. The van der Waals surface area contributed by atoms with Crippen molar-refractivity contribution in [2.45, 2.75) is 45.9 Å². The van der Waals surface area contributed by atoms with E-state index in [1.807, 2.05) is 17.7 Å². The zero-order valence-electron chi connectivity index (χ0n) is 13.8. The van der Waals surface area contributed by atoms with E-state index in [2.05, 4.69) is 24.7 Å². The van der Waals surface area contributed by atoms with E-state index in [9.17, 15) is 4.79 Å². The zero-order valence-corrected chi connectivity index (χ0v) is 14.8. The highest BCUT2D eigenvalue weighted by Gasteiger charge is 2.14. The molecule has 0 radical (unpaired) electrons. The van der Waals surface area contributed by atoms with Crippen LogP contribution in [-0.4, -0.2) is 40.7 Å². The first-order valence-corrected chi connectivity index (χ1v) is 11.3. The number of fused-ring (bicyclic) bond motifs is 1. The molecule has 0 unspecified atom stereocenters. The Morgan fingerprint density at radius 1 is 1.36 bits per heavy atom. The van der Waals surface area contributed by atoms with Gasteiger partial charge in [0.15, 0.2) is 0 Å². The molecule has 0 aromatic carbocycles. The number of hydrogen-bond acceptors (Lipinski definition) is 4. The predicted molar refractivity (Wildman–Crippen MR) is 89.9 cm³/mol. The summed E-state index contributed by atoms with van der Waals surface area (Å²) in [6, 6.07) is 1.07. The van der Waals surface area contributed by atoms with Crippen LogP contribution in [0.5, 0.6) is 0 Å². The summed E-state index contributed by atoms with van der Waals surface area (Å²) in [5.41, 5.74) is 1.52. The highest BCUT2D eigenvalue weighted by Crippen LogP contribution is 2.16. The fourth-order valence-electron chi connectivity index (χ4n) is 2.35. The molecule has 2 heterocycles. The van der Waals surface area contributed by atoms with Gasteiger partial charge < -0.3 is 14.4 Å². The minimum Gasteiger partial charge on any atom is -0.395 e. The molecule has 2 rings (SSSR count). The molecule has 2 aromatic rings. The number of rotatable bonds is 7. The van der Waals surface area contributed by atoms with E-state index in [1.165, 1.54) is 4.68 Å². The second-order valence-corrected chi connectivity index (χ2v) is 12.4. The highest BCUT2D eigenvalue weighted by molar-refractivity contribution is 6.76. The van der Waals surface area contributed by atoms with Crippen LogP contribution in [0, 0.1) is 6.92 Å². The molecule has 0 aliphatic carbocycles. The van der Waals surface area contributed by atoms with E-state index in [0.29, 0.717) is 18.5 Å². The van der Waals surface area contributed by atoms with Crippen molar-refractivity contribution >= 4 is 19.0 Å². The summed E-state index contributed by atoms with van der Waals surface area (Å²) in [5, 5.41) is 13.9. The minimum absolute atomic E-state index is 0.0338. The minimum atomic E-state index is -1.13. The molecule has 6 nitrogen and oxygen atoms in total. The molecule has 2 aromatic heterocycles. The van der Waals surface area contributed by atoms with E-state index in [-0.39, 0.29) is 18.9 Å². The van der Waals surface area contributed by atoms with Crippen molar-refractivity contribution in [2.75, 3.05) is 13.2 Å². The first-order chi connectivity index (χ1) is 10.3. The van der Waals surface area contributed by atoms with Gasteiger partial charge in [0.05, 0.1) is 23.7 Å². The molecule has 1 N–H and O–H groups in total. The maximum absolute atomic E-state index is 12.5. The van der Waals surface area contributed by atoms with Crippen molar-refractivity contribution in [1.29, 1.82) is 0 Å². The lowest BCUT2D eigenvalue weighted by Crippen LogP contribution is -2.26. The predicted octanol–water partition coefficient (Wildman–Crippen LogP) is 1.81. The number of nitrogens with zero attached hydrogens (tertiary/aromatic N) is 3. The molecule has 22 heavy (non-hydrogen) atoms. The fourth-order valence-corrected chi connectivity index (χ4v) is 3.11. The Morgan fingerprint density at radius 3 is 2.73 bits per heavy atom. The van der Waals surface area contributed by atoms with E-state index < -0.39 is 8.07 Å². The Kier molecular flexibility index (Phi) is 5.20. The number of aliphatic hydroxyl groups is 1. The molecule has 0 saturated heterocycles. The maximum Gasteiger partial charge on any atom is 0.278 e. The molecular formula is C15H25N3O3Si. The molecular weight excluding hydrogens is 298 g/mol.